The SMILES string of the molecule is Cc1ccc(S(=O)(=O)N/N=C/c2c(Cl)ccc(Cl)c2Cl)cc1C. The first-order valence-corrected chi connectivity index (χ1v) is 9.09. The van der Waals surface area contributed by atoms with E-state index in [-0.39, 0.29) is 9.92 Å². The van der Waals surface area contributed by atoms with Gasteiger partial charge >= 0.3 is 0 Å². The van der Waals surface area contributed by atoms with Crippen LogP contribution in [0.1, 0.15) is 16.7 Å². The molecule has 23 heavy (non-hydrogen) atoms. The van der Waals surface area contributed by atoms with Crippen molar-refractivity contribution in [3.8, 4) is 0 Å². The van der Waals surface area contributed by atoms with Crippen molar-refractivity contribution in [2.75, 3.05) is 0 Å². The number of sulfonamides is 1. The number of rotatable bonds is 4. The third-order valence-corrected chi connectivity index (χ3v) is 5.60. The highest BCUT2D eigenvalue weighted by atomic mass is 35.5. The molecule has 2 aromatic carbocycles. The molecule has 2 aromatic rings. The van der Waals surface area contributed by atoms with Gasteiger partial charge in [0.15, 0.2) is 0 Å². The Morgan fingerprint density at radius 3 is 2.30 bits per heavy atom. The molecule has 2 rings (SSSR count). The molecule has 0 spiro atoms. The number of halogens is 3. The average molecular weight is 392 g/mol. The van der Waals surface area contributed by atoms with E-state index < -0.39 is 10.0 Å². The highest BCUT2D eigenvalue weighted by molar-refractivity contribution is 7.89. The fraction of sp³-hybridized carbons (Fsp3) is 0.133. The van der Waals surface area contributed by atoms with E-state index in [0.29, 0.717) is 15.6 Å². The molecule has 1 N–H and O–H groups in total. The molecule has 8 heteroatoms. The first-order valence-electron chi connectivity index (χ1n) is 6.48. The van der Waals surface area contributed by atoms with Gasteiger partial charge in [0.2, 0.25) is 0 Å². The number of hydrazone groups is 1. The van der Waals surface area contributed by atoms with Gasteiger partial charge in [-0.25, -0.2) is 4.83 Å². The Morgan fingerprint density at radius 1 is 1.00 bits per heavy atom. The summed E-state index contributed by atoms with van der Waals surface area (Å²) in [6, 6.07) is 7.92. The van der Waals surface area contributed by atoms with Gasteiger partial charge in [0, 0.05) is 5.56 Å². The van der Waals surface area contributed by atoms with Gasteiger partial charge in [0.25, 0.3) is 10.0 Å². The van der Waals surface area contributed by atoms with Gasteiger partial charge in [-0.1, -0.05) is 40.9 Å². The summed E-state index contributed by atoms with van der Waals surface area (Å²) in [5, 5.41) is 4.53. The molecule has 122 valence electrons. The van der Waals surface area contributed by atoms with Crippen LogP contribution in [0.3, 0.4) is 0 Å². The number of nitrogens with one attached hydrogen (secondary N) is 1. The Kier molecular flexibility index (Phi) is 5.57. The highest BCUT2D eigenvalue weighted by Crippen LogP contribution is 2.30. The zero-order valence-electron chi connectivity index (χ0n) is 12.3. The molecule has 4 nitrogen and oxygen atoms in total. The second-order valence-corrected chi connectivity index (χ2v) is 7.71. The molecule has 0 saturated carbocycles. The molecule has 0 heterocycles. The van der Waals surface area contributed by atoms with E-state index in [1.807, 2.05) is 13.8 Å². The quantitative estimate of drug-likeness (QED) is 0.471. The Morgan fingerprint density at radius 2 is 1.65 bits per heavy atom. The normalized spacial score (nSPS) is 11.9. The molecule has 0 radical (unpaired) electrons. The summed E-state index contributed by atoms with van der Waals surface area (Å²) in [7, 11) is -3.77. The van der Waals surface area contributed by atoms with Gasteiger partial charge in [-0.3, -0.25) is 0 Å². The van der Waals surface area contributed by atoms with Gasteiger partial charge in [0.05, 0.1) is 26.2 Å². The van der Waals surface area contributed by atoms with Gasteiger partial charge in [-0.05, 0) is 49.2 Å². The van der Waals surface area contributed by atoms with Crippen molar-refractivity contribution in [2.24, 2.45) is 5.10 Å². The van der Waals surface area contributed by atoms with Crippen LogP contribution in [0.4, 0.5) is 0 Å². The zero-order chi connectivity index (χ0) is 17.2. The lowest BCUT2D eigenvalue weighted by molar-refractivity contribution is 0.584. The molecule has 0 unspecified atom stereocenters. The van der Waals surface area contributed by atoms with Crippen LogP contribution in [0.25, 0.3) is 0 Å². The Hall–Kier alpha value is -1.27. The molecule has 0 fully saturated rings. The highest BCUT2D eigenvalue weighted by Gasteiger charge is 2.14. The van der Waals surface area contributed by atoms with E-state index in [9.17, 15) is 8.42 Å². The number of aryl methyl sites for hydroxylation is 2. The van der Waals surface area contributed by atoms with Gasteiger partial charge in [-0.2, -0.15) is 13.5 Å². The van der Waals surface area contributed by atoms with E-state index >= 15 is 0 Å². The minimum absolute atomic E-state index is 0.126. The monoisotopic (exact) mass is 390 g/mol. The second kappa shape index (κ2) is 7.09. The lowest BCUT2D eigenvalue weighted by atomic mass is 10.1. The van der Waals surface area contributed by atoms with Crippen LogP contribution < -0.4 is 4.83 Å². The predicted molar refractivity (Wildman–Crippen MR) is 95.3 cm³/mol. The van der Waals surface area contributed by atoms with Crippen LogP contribution in [0.5, 0.6) is 0 Å². The number of benzene rings is 2. The minimum Gasteiger partial charge on any atom is -0.200 e. The summed E-state index contributed by atoms with van der Waals surface area (Å²) in [6.45, 7) is 3.74. The topological polar surface area (TPSA) is 58.5 Å². The Balaban J connectivity index is 2.26. The van der Waals surface area contributed by atoms with Gasteiger partial charge in [-0.15, -0.1) is 0 Å². The van der Waals surface area contributed by atoms with Gasteiger partial charge < -0.3 is 0 Å². The first kappa shape index (κ1) is 18.1. The fourth-order valence-corrected chi connectivity index (χ4v) is 3.26. The van der Waals surface area contributed by atoms with Crippen molar-refractivity contribution >= 4 is 51.0 Å². The van der Waals surface area contributed by atoms with E-state index in [0.717, 1.165) is 11.1 Å². The maximum absolute atomic E-state index is 12.2. The number of nitrogens with zero attached hydrogens (tertiary/aromatic N) is 1. The van der Waals surface area contributed by atoms with Crippen molar-refractivity contribution in [2.45, 2.75) is 18.7 Å². The van der Waals surface area contributed by atoms with Crippen LogP contribution in [0.15, 0.2) is 40.3 Å². The molecule has 0 aliphatic rings. The van der Waals surface area contributed by atoms with Crippen LogP contribution in [0, 0.1) is 13.8 Å². The van der Waals surface area contributed by atoms with E-state index in [1.54, 1.807) is 24.3 Å². The Bertz CT molecular complexity index is 881. The standard InChI is InChI=1S/C15H13Cl3N2O2S/c1-9-3-4-11(7-10(9)2)23(21,22)20-19-8-12-13(16)5-6-14(17)15(12)18/h3-8,20H,1-2H3/b19-8+. The third-order valence-electron chi connectivity index (χ3n) is 3.23. The Labute approximate surface area is 150 Å². The third kappa shape index (κ3) is 4.18. The summed E-state index contributed by atoms with van der Waals surface area (Å²) in [5.41, 5.74) is 2.21. The van der Waals surface area contributed by atoms with Crippen LogP contribution in [0.2, 0.25) is 15.1 Å². The largest absolute Gasteiger partial charge is 0.276 e. The van der Waals surface area contributed by atoms with E-state index in [1.165, 1.54) is 12.3 Å². The second-order valence-electron chi connectivity index (χ2n) is 4.86. The van der Waals surface area contributed by atoms with E-state index in [2.05, 4.69) is 9.93 Å². The van der Waals surface area contributed by atoms with Crippen molar-refractivity contribution in [3.05, 3.63) is 62.1 Å². The molecule has 0 bridgehead atoms. The van der Waals surface area contributed by atoms with Crippen molar-refractivity contribution in [3.63, 3.8) is 0 Å². The van der Waals surface area contributed by atoms with Crippen LogP contribution in [-0.2, 0) is 10.0 Å². The molecule has 0 saturated heterocycles. The smallest absolute Gasteiger partial charge is 0.200 e. The minimum atomic E-state index is -3.77. The molecule has 0 aliphatic carbocycles. The van der Waals surface area contributed by atoms with Crippen molar-refractivity contribution in [1.82, 2.24) is 4.83 Å². The van der Waals surface area contributed by atoms with E-state index in [4.69, 9.17) is 34.8 Å². The molecular formula is C15H13Cl3N2O2S. The molecule has 0 atom stereocenters. The molecule has 0 aliphatic heterocycles. The van der Waals surface area contributed by atoms with Crippen molar-refractivity contribution in [1.29, 1.82) is 0 Å². The number of hydrogen-bond acceptors (Lipinski definition) is 3. The molecule has 0 amide bonds. The van der Waals surface area contributed by atoms with Gasteiger partial charge in [0.1, 0.15) is 0 Å². The summed E-state index contributed by atoms with van der Waals surface area (Å²) in [6.07, 6.45) is 1.22. The van der Waals surface area contributed by atoms with Crippen LogP contribution >= 0.6 is 34.8 Å². The summed E-state index contributed by atoms with van der Waals surface area (Å²) < 4.78 is 24.4. The lowest BCUT2D eigenvalue weighted by Gasteiger charge is -2.07. The van der Waals surface area contributed by atoms with Crippen LogP contribution in [-0.4, -0.2) is 14.6 Å². The summed E-state index contributed by atoms with van der Waals surface area (Å²) >= 11 is 17.9. The fourth-order valence-electron chi connectivity index (χ4n) is 1.76. The molecule has 0 aromatic heterocycles. The first-order chi connectivity index (χ1) is 10.7. The number of hydrogen-bond donors (Lipinski definition) is 1. The average Bonchev–Trinajstić information content (AvgIpc) is 2.49. The zero-order valence-corrected chi connectivity index (χ0v) is 15.4. The maximum Gasteiger partial charge on any atom is 0.276 e. The maximum atomic E-state index is 12.2. The lowest BCUT2D eigenvalue weighted by Crippen LogP contribution is -2.18. The molecular weight excluding hydrogens is 379 g/mol. The van der Waals surface area contributed by atoms with Crippen molar-refractivity contribution < 1.29 is 8.42 Å². The predicted octanol–water partition coefficient (Wildman–Crippen LogP) is 4.58. The summed E-state index contributed by atoms with van der Waals surface area (Å²) in [5.74, 6) is 0. The summed E-state index contributed by atoms with van der Waals surface area (Å²) in [4.78, 5) is 2.25.